The second-order valence-electron chi connectivity index (χ2n) is 7.66. The lowest BCUT2D eigenvalue weighted by atomic mass is 9.92. The quantitative estimate of drug-likeness (QED) is 0.621. The van der Waals surface area contributed by atoms with Crippen LogP contribution in [0, 0.1) is 5.92 Å². The Morgan fingerprint density at radius 3 is 2.65 bits per heavy atom. The van der Waals surface area contributed by atoms with Crippen LogP contribution in [0.1, 0.15) is 57.6 Å². The molecular weight excluding hydrogens is 324 g/mol. The molecule has 26 heavy (non-hydrogen) atoms. The van der Waals surface area contributed by atoms with Gasteiger partial charge in [-0.15, -0.1) is 0 Å². The summed E-state index contributed by atoms with van der Waals surface area (Å²) in [7, 11) is 2.04. The number of hydrazine groups is 1. The van der Waals surface area contributed by atoms with Crippen LogP contribution < -0.4 is 16.5 Å². The van der Waals surface area contributed by atoms with E-state index < -0.39 is 0 Å². The lowest BCUT2D eigenvalue weighted by Crippen LogP contribution is -2.33. The van der Waals surface area contributed by atoms with E-state index in [1.807, 2.05) is 7.05 Å². The molecule has 0 saturated heterocycles. The summed E-state index contributed by atoms with van der Waals surface area (Å²) in [6.45, 7) is 5.92. The number of nitrogens with two attached hydrogens (primary N) is 1. The highest BCUT2D eigenvalue weighted by atomic mass is 15.5. The van der Waals surface area contributed by atoms with E-state index in [9.17, 15) is 0 Å². The molecule has 0 radical (unpaired) electrons. The van der Waals surface area contributed by atoms with E-state index in [4.69, 9.17) is 5.73 Å². The largest absolute Gasteiger partial charge is 0.367 e. The molecule has 0 bridgehead atoms. The molecule has 1 aromatic rings. The van der Waals surface area contributed by atoms with Crippen molar-refractivity contribution < 1.29 is 0 Å². The molecule has 0 unspecified atom stereocenters. The standard InChI is InChI=1S/C20H32N6/c1-4-24-26(3)19(11-15-5-6-15)14(2)18-12-20(23-13-22-18)25-17-9-7-16(21)8-10-17/h4,12-13,15-17,24H,1,5-11,21H2,2-3H3,(H,22,23,25)/b19-14+. The van der Waals surface area contributed by atoms with E-state index in [2.05, 4.69) is 45.3 Å². The number of hydrogen-bond acceptors (Lipinski definition) is 6. The third-order valence-corrected chi connectivity index (χ3v) is 5.48. The molecular formula is C20H32N6. The van der Waals surface area contributed by atoms with Crippen LogP contribution in [-0.4, -0.2) is 34.1 Å². The third kappa shape index (κ3) is 4.97. The lowest BCUT2D eigenvalue weighted by Gasteiger charge is -2.27. The van der Waals surface area contributed by atoms with Crippen molar-refractivity contribution in [3.05, 3.63) is 36.6 Å². The van der Waals surface area contributed by atoms with Crippen molar-refractivity contribution in [2.75, 3.05) is 12.4 Å². The highest BCUT2D eigenvalue weighted by molar-refractivity contribution is 5.65. The minimum atomic E-state index is 0.358. The number of nitrogens with zero attached hydrogens (tertiary/aromatic N) is 3. The van der Waals surface area contributed by atoms with Crippen LogP contribution in [0.2, 0.25) is 0 Å². The second kappa shape index (κ2) is 8.54. The predicted molar refractivity (Wildman–Crippen MR) is 107 cm³/mol. The number of aromatic nitrogens is 2. The molecule has 2 aliphatic rings. The summed E-state index contributed by atoms with van der Waals surface area (Å²) in [5, 5.41) is 5.62. The molecule has 6 nitrogen and oxygen atoms in total. The molecule has 4 N–H and O–H groups in total. The SMILES string of the molecule is C=CNN(C)/C(CC1CC1)=C(\C)c1cc(NC2CCC(N)CC2)ncn1. The maximum absolute atomic E-state index is 6.01. The summed E-state index contributed by atoms with van der Waals surface area (Å²) >= 11 is 0. The van der Waals surface area contributed by atoms with Gasteiger partial charge < -0.3 is 16.5 Å². The van der Waals surface area contributed by atoms with E-state index >= 15 is 0 Å². The topological polar surface area (TPSA) is 79.1 Å². The maximum Gasteiger partial charge on any atom is 0.130 e. The predicted octanol–water partition coefficient (Wildman–Crippen LogP) is 3.27. The van der Waals surface area contributed by atoms with Crippen LogP contribution in [0.5, 0.6) is 0 Å². The van der Waals surface area contributed by atoms with Gasteiger partial charge in [0.05, 0.1) is 5.69 Å². The zero-order chi connectivity index (χ0) is 18.5. The molecule has 2 fully saturated rings. The first kappa shape index (κ1) is 18.7. The fraction of sp³-hybridized carbons (Fsp3) is 0.600. The molecule has 1 heterocycles. The lowest BCUT2D eigenvalue weighted by molar-refractivity contribution is 0.336. The zero-order valence-corrected chi connectivity index (χ0v) is 16.0. The van der Waals surface area contributed by atoms with Crippen LogP contribution in [0.15, 0.2) is 30.9 Å². The van der Waals surface area contributed by atoms with Crippen molar-refractivity contribution in [3.8, 4) is 0 Å². The molecule has 0 aliphatic heterocycles. The fourth-order valence-electron chi connectivity index (χ4n) is 3.61. The van der Waals surface area contributed by atoms with Gasteiger partial charge in [0.15, 0.2) is 0 Å². The summed E-state index contributed by atoms with van der Waals surface area (Å²) < 4.78 is 0. The van der Waals surface area contributed by atoms with Gasteiger partial charge in [0.25, 0.3) is 0 Å². The van der Waals surface area contributed by atoms with Crippen LogP contribution in [0.25, 0.3) is 5.57 Å². The minimum absolute atomic E-state index is 0.358. The first-order chi connectivity index (χ1) is 12.6. The van der Waals surface area contributed by atoms with Gasteiger partial charge >= 0.3 is 0 Å². The smallest absolute Gasteiger partial charge is 0.130 e. The summed E-state index contributed by atoms with van der Waals surface area (Å²) in [5.74, 6) is 1.69. The van der Waals surface area contributed by atoms with E-state index in [-0.39, 0.29) is 0 Å². The van der Waals surface area contributed by atoms with Crippen LogP contribution in [0.3, 0.4) is 0 Å². The van der Waals surface area contributed by atoms with E-state index in [1.54, 1.807) is 12.5 Å². The number of rotatable bonds is 8. The van der Waals surface area contributed by atoms with E-state index in [0.29, 0.717) is 12.1 Å². The maximum atomic E-state index is 6.01. The van der Waals surface area contributed by atoms with Crippen LogP contribution in [-0.2, 0) is 0 Å². The first-order valence-corrected chi connectivity index (χ1v) is 9.72. The summed E-state index contributed by atoms with van der Waals surface area (Å²) in [6.07, 6.45) is 11.4. The van der Waals surface area contributed by atoms with Gasteiger partial charge in [-0.3, -0.25) is 5.01 Å². The first-order valence-electron chi connectivity index (χ1n) is 9.72. The highest BCUT2D eigenvalue weighted by Gasteiger charge is 2.25. The minimum Gasteiger partial charge on any atom is -0.367 e. The van der Waals surface area contributed by atoms with Gasteiger partial charge in [0, 0.05) is 37.1 Å². The zero-order valence-electron chi connectivity index (χ0n) is 16.0. The molecule has 0 spiro atoms. The van der Waals surface area contributed by atoms with Gasteiger partial charge in [-0.25, -0.2) is 9.97 Å². The van der Waals surface area contributed by atoms with Gasteiger partial charge in [0.2, 0.25) is 0 Å². The molecule has 0 amide bonds. The molecule has 142 valence electrons. The Kier molecular flexibility index (Phi) is 6.14. The summed E-state index contributed by atoms with van der Waals surface area (Å²) in [6, 6.07) is 2.88. The van der Waals surface area contributed by atoms with E-state index in [0.717, 1.165) is 49.5 Å². The Labute approximate surface area is 156 Å². The van der Waals surface area contributed by atoms with Gasteiger partial charge in [0.1, 0.15) is 12.1 Å². The van der Waals surface area contributed by atoms with Gasteiger partial charge in [-0.2, -0.15) is 0 Å². The average Bonchev–Trinajstić information content (AvgIpc) is 3.46. The molecule has 2 aliphatic carbocycles. The Bertz CT molecular complexity index is 643. The summed E-state index contributed by atoms with van der Waals surface area (Å²) in [4.78, 5) is 8.95. The molecule has 2 saturated carbocycles. The van der Waals surface area contributed by atoms with E-state index in [1.165, 1.54) is 24.1 Å². The second-order valence-corrected chi connectivity index (χ2v) is 7.66. The Morgan fingerprint density at radius 1 is 1.27 bits per heavy atom. The Morgan fingerprint density at radius 2 is 2.00 bits per heavy atom. The van der Waals surface area contributed by atoms with Gasteiger partial charge in [-0.1, -0.05) is 6.58 Å². The van der Waals surface area contributed by atoms with Crippen molar-refractivity contribution >= 4 is 11.4 Å². The Balaban J connectivity index is 1.76. The van der Waals surface area contributed by atoms with Crippen LogP contribution >= 0.6 is 0 Å². The number of allylic oxidation sites excluding steroid dienone is 2. The number of anilines is 1. The molecule has 6 heteroatoms. The normalized spacial score (nSPS) is 23.8. The van der Waals surface area contributed by atoms with Crippen molar-refractivity contribution in [3.63, 3.8) is 0 Å². The third-order valence-electron chi connectivity index (χ3n) is 5.48. The number of nitrogens with one attached hydrogen (secondary N) is 2. The fourth-order valence-corrected chi connectivity index (χ4v) is 3.61. The molecule has 0 aromatic carbocycles. The average molecular weight is 357 g/mol. The van der Waals surface area contributed by atoms with Crippen molar-refractivity contribution in [2.24, 2.45) is 11.7 Å². The highest BCUT2D eigenvalue weighted by Crippen LogP contribution is 2.37. The van der Waals surface area contributed by atoms with Crippen LogP contribution in [0.4, 0.5) is 5.82 Å². The van der Waals surface area contributed by atoms with Crippen molar-refractivity contribution in [2.45, 2.75) is 64.0 Å². The summed E-state index contributed by atoms with van der Waals surface area (Å²) in [5.41, 5.74) is 12.6. The van der Waals surface area contributed by atoms with Crippen molar-refractivity contribution in [1.82, 2.24) is 20.4 Å². The monoisotopic (exact) mass is 356 g/mol. The Hall–Kier alpha value is -2.08. The van der Waals surface area contributed by atoms with Crippen molar-refractivity contribution in [1.29, 1.82) is 0 Å². The molecule has 0 atom stereocenters. The van der Waals surface area contributed by atoms with Gasteiger partial charge in [-0.05, 0) is 63.4 Å². The molecule has 3 rings (SSSR count). The number of hydrogen-bond donors (Lipinski definition) is 3. The molecule has 1 aromatic heterocycles.